The van der Waals surface area contributed by atoms with Gasteiger partial charge in [0.1, 0.15) is 0 Å². The molecule has 0 aliphatic heterocycles. The third-order valence-electron chi connectivity index (χ3n) is 10.5. The van der Waals surface area contributed by atoms with Gasteiger partial charge in [-0.05, 0) is 68.4 Å². The number of benzene rings is 8. The molecule has 0 atom stereocenters. The molecular formula is C54H36N4. The van der Waals surface area contributed by atoms with Gasteiger partial charge in [-0.25, -0.2) is 19.9 Å². The van der Waals surface area contributed by atoms with Crippen LogP contribution < -0.4 is 0 Å². The van der Waals surface area contributed by atoms with E-state index in [0.29, 0.717) is 17.5 Å². The summed E-state index contributed by atoms with van der Waals surface area (Å²) < 4.78 is 0. The van der Waals surface area contributed by atoms with Gasteiger partial charge in [0.25, 0.3) is 0 Å². The van der Waals surface area contributed by atoms with Crippen LogP contribution in [0.25, 0.3) is 101 Å². The van der Waals surface area contributed by atoms with Crippen molar-refractivity contribution >= 4 is 10.8 Å². The predicted molar refractivity (Wildman–Crippen MR) is 239 cm³/mol. The molecule has 2 heterocycles. The quantitative estimate of drug-likeness (QED) is 0.156. The van der Waals surface area contributed by atoms with Gasteiger partial charge in [0.05, 0.1) is 11.4 Å². The van der Waals surface area contributed by atoms with E-state index in [0.717, 1.165) is 67.0 Å². The lowest BCUT2D eigenvalue weighted by Gasteiger charge is -2.13. The molecular weight excluding hydrogens is 705 g/mol. The number of aromatic nitrogens is 4. The average molecular weight is 741 g/mol. The molecule has 0 unspecified atom stereocenters. The first-order valence-corrected chi connectivity index (χ1v) is 19.5. The van der Waals surface area contributed by atoms with Crippen LogP contribution in [0.4, 0.5) is 0 Å². The van der Waals surface area contributed by atoms with Gasteiger partial charge >= 0.3 is 0 Å². The van der Waals surface area contributed by atoms with Crippen LogP contribution in [0.2, 0.25) is 0 Å². The maximum atomic E-state index is 5.08. The summed E-state index contributed by atoms with van der Waals surface area (Å²) in [4.78, 5) is 19.8. The first kappa shape index (κ1) is 34.7. The highest BCUT2D eigenvalue weighted by Gasteiger charge is 2.14. The summed E-state index contributed by atoms with van der Waals surface area (Å²) in [6, 6.07) is 76.0. The van der Waals surface area contributed by atoms with E-state index in [1.54, 1.807) is 0 Å². The Morgan fingerprint density at radius 3 is 1.07 bits per heavy atom. The van der Waals surface area contributed by atoms with Crippen LogP contribution in [-0.4, -0.2) is 19.9 Å². The molecule has 0 radical (unpaired) electrons. The fourth-order valence-electron chi connectivity index (χ4n) is 7.52. The topological polar surface area (TPSA) is 51.6 Å². The predicted octanol–water partition coefficient (Wildman–Crippen LogP) is 13.8. The van der Waals surface area contributed by atoms with E-state index in [4.69, 9.17) is 19.9 Å². The minimum Gasteiger partial charge on any atom is -0.248 e. The molecule has 0 aliphatic carbocycles. The molecule has 0 aliphatic rings. The molecule has 10 aromatic rings. The second-order valence-corrected chi connectivity index (χ2v) is 14.3. The Morgan fingerprint density at radius 1 is 0.224 bits per heavy atom. The summed E-state index contributed by atoms with van der Waals surface area (Å²) in [5, 5.41) is 2.40. The number of rotatable bonds is 8. The lowest BCUT2D eigenvalue weighted by atomic mass is 9.91. The van der Waals surface area contributed by atoms with E-state index in [9.17, 15) is 0 Å². The standard InChI is InChI=1S/C54H36N4/c1-5-15-40(16-6-1)50-35-47(36-51(55-50)41-17-7-2-8-18-41)38-25-29-39(30-26-38)49-34-46(33-45-23-13-14-24-48(45)49)37-27-31-44(32-28-37)54-57-52(42-19-9-3-10-20-42)56-53(58-54)43-21-11-4-12-22-43/h1-36H. The van der Waals surface area contributed by atoms with Crippen molar-refractivity contribution in [3.05, 3.63) is 218 Å². The van der Waals surface area contributed by atoms with Crippen molar-refractivity contribution in [2.45, 2.75) is 0 Å². The largest absolute Gasteiger partial charge is 0.248 e. The van der Waals surface area contributed by atoms with Crippen molar-refractivity contribution in [2.24, 2.45) is 0 Å². The summed E-state index contributed by atoms with van der Waals surface area (Å²) >= 11 is 0. The number of pyridine rings is 1. The van der Waals surface area contributed by atoms with E-state index >= 15 is 0 Å². The normalized spacial score (nSPS) is 11.1. The van der Waals surface area contributed by atoms with Crippen LogP contribution in [-0.2, 0) is 0 Å². The first-order chi connectivity index (χ1) is 28.7. The zero-order chi connectivity index (χ0) is 38.7. The summed E-state index contributed by atoms with van der Waals surface area (Å²) in [7, 11) is 0. The van der Waals surface area contributed by atoms with Crippen LogP contribution in [0.5, 0.6) is 0 Å². The molecule has 0 fully saturated rings. The van der Waals surface area contributed by atoms with Crippen molar-refractivity contribution in [2.75, 3.05) is 0 Å². The van der Waals surface area contributed by atoms with E-state index in [-0.39, 0.29) is 0 Å². The Kier molecular flexibility index (Phi) is 9.18. The molecule has 0 amide bonds. The van der Waals surface area contributed by atoms with E-state index < -0.39 is 0 Å². The number of hydrogen-bond acceptors (Lipinski definition) is 4. The number of nitrogens with zero attached hydrogens (tertiary/aromatic N) is 4. The maximum Gasteiger partial charge on any atom is 0.164 e. The van der Waals surface area contributed by atoms with Crippen LogP contribution in [0.15, 0.2) is 218 Å². The van der Waals surface area contributed by atoms with Crippen LogP contribution in [0.1, 0.15) is 0 Å². The highest BCUT2D eigenvalue weighted by molar-refractivity contribution is 6.00. The molecule has 272 valence electrons. The van der Waals surface area contributed by atoms with E-state index in [2.05, 4.69) is 146 Å². The smallest absolute Gasteiger partial charge is 0.164 e. The lowest BCUT2D eigenvalue weighted by Crippen LogP contribution is -2.00. The highest BCUT2D eigenvalue weighted by Crippen LogP contribution is 2.37. The Bertz CT molecular complexity index is 2890. The van der Waals surface area contributed by atoms with Gasteiger partial charge in [-0.1, -0.05) is 194 Å². The SMILES string of the molecule is c1ccc(-c2cc(-c3ccc(-c4cc(-c5ccc(-c6nc(-c7ccccc7)nc(-c7ccccc7)n6)cc5)cc5ccccc45)cc3)cc(-c3ccccc3)n2)cc1. The van der Waals surface area contributed by atoms with Crippen LogP contribution >= 0.6 is 0 Å². The van der Waals surface area contributed by atoms with Crippen molar-refractivity contribution in [3.8, 4) is 90.1 Å². The zero-order valence-electron chi connectivity index (χ0n) is 31.6. The molecule has 0 bridgehead atoms. The average Bonchev–Trinajstić information content (AvgIpc) is 3.32. The summed E-state index contributed by atoms with van der Waals surface area (Å²) in [6.45, 7) is 0. The third-order valence-corrected chi connectivity index (χ3v) is 10.5. The maximum absolute atomic E-state index is 5.08. The molecule has 0 N–H and O–H groups in total. The molecule has 10 rings (SSSR count). The van der Waals surface area contributed by atoms with Gasteiger partial charge in [-0.15, -0.1) is 0 Å². The molecule has 0 saturated heterocycles. The molecule has 4 heteroatoms. The van der Waals surface area contributed by atoms with E-state index in [1.165, 1.54) is 16.3 Å². The van der Waals surface area contributed by atoms with E-state index in [1.807, 2.05) is 72.8 Å². The monoisotopic (exact) mass is 740 g/mol. The third kappa shape index (κ3) is 7.07. The van der Waals surface area contributed by atoms with Crippen LogP contribution in [0.3, 0.4) is 0 Å². The van der Waals surface area contributed by atoms with Crippen molar-refractivity contribution < 1.29 is 0 Å². The van der Waals surface area contributed by atoms with Crippen molar-refractivity contribution in [3.63, 3.8) is 0 Å². The van der Waals surface area contributed by atoms with Gasteiger partial charge in [0.2, 0.25) is 0 Å². The lowest BCUT2D eigenvalue weighted by molar-refractivity contribution is 1.07. The number of fused-ring (bicyclic) bond motifs is 1. The Balaban J connectivity index is 1.01. The highest BCUT2D eigenvalue weighted by atomic mass is 15.0. The Labute approximate surface area is 337 Å². The van der Waals surface area contributed by atoms with Crippen LogP contribution in [0, 0.1) is 0 Å². The van der Waals surface area contributed by atoms with Gasteiger partial charge < -0.3 is 0 Å². The van der Waals surface area contributed by atoms with Gasteiger partial charge in [0, 0.05) is 27.8 Å². The Morgan fingerprint density at radius 2 is 0.586 bits per heavy atom. The molecule has 58 heavy (non-hydrogen) atoms. The van der Waals surface area contributed by atoms with Gasteiger partial charge in [0.15, 0.2) is 17.5 Å². The van der Waals surface area contributed by atoms with Gasteiger partial charge in [-0.3, -0.25) is 0 Å². The van der Waals surface area contributed by atoms with Gasteiger partial charge in [-0.2, -0.15) is 0 Å². The fourth-order valence-corrected chi connectivity index (χ4v) is 7.52. The molecule has 0 spiro atoms. The minimum atomic E-state index is 0.638. The molecule has 2 aromatic heterocycles. The summed E-state index contributed by atoms with van der Waals surface area (Å²) in [5.41, 5.74) is 13.8. The molecule has 4 nitrogen and oxygen atoms in total. The fraction of sp³-hybridized carbons (Fsp3) is 0. The minimum absolute atomic E-state index is 0.638. The molecule has 8 aromatic carbocycles. The Hall–Kier alpha value is -7.82. The van der Waals surface area contributed by atoms with Crippen molar-refractivity contribution in [1.82, 2.24) is 19.9 Å². The summed E-state index contributed by atoms with van der Waals surface area (Å²) in [5.74, 6) is 1.94. The first-order valence-electron chi connectivity index (χ1n) is 19.5. The second kappa shape index (κ2) is 15.4. The summed E-state index contributed by atoms with van der Waals surface area (Å²) in [6.07, 6.45) is 0. The zero-order valence-corrected chi connectivity index (χ0v) is 31.6. The number of hydrogen-bond donors (Lipinski definition) is 0. The van der Waals surface area contributed by atoms with Crippen molar-refractivity contribution in [1.29, 1.82) is 0 Å². The second-order valence-electron chi connectivity index (χ2n) is 14.3. The molecule has 0 saturated carbocycles.